The van der Waals surface area contributed by atoms with Gasteiger partial charge in [0.05, 0.1) is 31.9 Å². The Bertz CT molecular complexity index is 1350. The number of hydrogen-bond acceptors (Lipinski definition) is 4. The van der Waals surface area contributed by atoms with Crippen LogP contribution in [-0.2, 0) is 20.9 Å². The first-order valence-corrected chi connectivity index (χ1v) is 11.2. The Morgan fingerprint density at radius 3 is 2.26 bits per heavy atom. The molecule has 2 heterocycles. The molecule has 0 radical (unpaired) electrons. The fourth-order valence-corrected chi connectivity index (χ4v) is 4.41. The molecule has 0 aliphatic carbocycles. The first kappa shape index (κ1) is 24.0. The molecule has 7 heteroatoms. The summed E-state index contributed by atoms with van der Waals surface area (Å²) in [5, 5.41) is 0. The van der Waals surface area contributed by atoms with Crippen LogP contribution in [0.15, 0.2) is 71.4 Å². The molecule has 1 aromatic heterocycles. The van der Waals surface area contributed by atoms with E-state index in [4.69, 9.17) is 9.47 Å². The number of aromatic nitrogens is 1. The Balaban J connectivity index is 1.75. The molecule has 1 amide bonds. The summed E-state index contributed by atoms with van der Waals surface area (Å²) in [4.78, 5) is 27.8. The third kappa shape index (κ3) is 4.49. The second-order valence-electron chi connectivity index (χ2n) is 8.39. The van der Waals surface area contributed by atoms with Crippen molar-refractivity contribution in [1.82, 2.24) is 9.47 Å². The van der Waals surface area contributed by atoms with Crippen molar-refractivity contribution in [3.05, 3.63) is 99.8 Å². The summed E-state index contributed by atoms with van der Waals surface area (Å²) in [6.07, 6.45) is 1.73. The first-order chi connectivity index (χ1) is 16.7. The van der Waals surface area contributed by atoms with Crippen LogP contribution in [0, 0.1) is 19.7 Å². The molecule has 1 aliphatic heterocycles. The molecule has 6 nitrogen and oxygen atoms in total. The Hall–Kier alpha value is -4.13. The summed E-state index contributed by atoms with van der Waals surface area (Å²) >= 11 is 0. The minimum atomic E-state index is -0.563. The molecule has 2 aromatic carbocycles. The molecule has 0 spiro atoms. The number of allylic oxidation sites excluding steroid dienone is 1. The van der Waals surface area contributed by atoms with Gasteiger partial charge in [-0.1, -0.05) is 12.1 Å². The third-order valence-electron chi connectivity index (χ3n) is 6.26. The maximum absolute atomic E-state index is 13.5. The highest BCUT2D eigenvalue weighted by Gasteiger charge is 2.37. The number of carbonyl (C=O) groups is 2. The summed E-state index contributed by atoms with van der Waals surface area (Å²) in [6, 6.07) is 15.6. The van der Waals surface area contributed by atoms with Gasteiger partial charge in [0.15, 0.2) is 0 Å². The van der Waals surface area contributed by atoms with Gasteiger partial charge in [-0.25, -0.2) is 9.18 Å². The lowest BCUT2D eigenvalue weighted by atomic mass is 10.0. The van der Waals surface area contributed by atoms with E-state index in [1.165, 1.54) is 19.2 Å². The van der Waals surface area contributed by atoms with E-state index in [1.54, 1.807) is 37.1 Å². The molecule has 0 atom stereocenters. The zero-order valence-corrected chi connectivity index (χ0v) is 20.4. The van der Waals surface area contributed by atoms with Gasteiger partial charge in [0, 0.05) is 22.8 Å². The van der Waals surface area contributed by atoms with Crippen LogP contribution >= 0.6 is 0 Å². The summed E-state index contributed by atoms with van der Waals surface area (Å²) in [7, 11) is 2.90. The van der Waals surface area contributed by atoms with E-state index in [-0.39, 0.29) is 22.9 Å². The van der Waals surface area contributed by atoms with Gasteiger partial charge in [-0.15, -0.1) is 0 Å². The molecule has 0 unspecified atom stereocenters. The Morgan fingerprint density at radius 1 is 1.00 bits per heavy atom. The van der Waals surface area contributed by atoms with Gasteiger partial charge < -0.3 is 18.9 Å². The first-order valence-electron chi connectivity index (χ1n) is 11.2. The lowest BCUT2D eigenvalue weighted by molar-refractivity contribution is -0.136. The minimum absolute atomic E-state index is 0.248. The molecule has 180 valence electrons. The van der Waals surface area contributed by atoms with Crippen molar-refractivity contribution in [2.45, 2.75) is 27.3 Å². The normalized spacial score (nSPS) is 14.7. The number of rotatable bonds is 6. The van der Waals surface area contributed by atoms with Gasteiger partial charge in [0.2, 0.25) is 0 Å². The van der Waals surface area contributed by atoms with Crippen molar-refractivity contribution in [2.75, 3.05) is 14.2 Å². The van der Waals surface area contributed by atoms with E-state index in [0.717, 1.165) is 34.0 Å². The Morgan fingerprint density at radius 2 is 1.66 bits per heavy atom. The molecular formula is C28H27FN2O4. The predicted octanol–water partition coefficient (Wildman–Crippen LogP) is 5.11. The summed E-state index contributed by atoms with van der Waals surface area (Å²) in [5.41, 5.74) is 5.35. The standard InChI is InChI=1S/C28H27FN2O4/c1-17-14-21(18(2)31(17)23-10-8-22(29)9-11-23)15-25-26(28(33)35-5)19(3)30(27(25)32)16-20-6-12-24(34-4)13-7-20/h6-15H,16H2,1-5H3/b25-15-. The molecule has 1 aliphatic rings. The number of esters is 1. The quantitative estimate of drug-likeness (QED) is 0.368. The lowest BCUT2D eigenvalue weighted by Gasteiger charge is -2.18. The maximum Gasteiger partial charge on any atom is 0.340 e. The third-order valence-corrected chi connectivity index (χ3v) is 6.26. The molecule has 0 bridgehead atoms. The van der Waals surface area contributed by atoms with Crippen LogP contribution in [0.4, 0.5) is 4.39 Å². The Kier molecular flexibility index (Phi) is 6.60. The number of halogens is 1. The lowest BCUT2D eigenvalue weighted by Crippen LogP contribution is -2.24. The molecule has 35 heavy (non-hydrogen) atoms. The van der Waals surface area contributed by atoms with Crippen LogP contribution in [-0.4, -0.2) is 35.6 Å². The van der Waals surface area contributed by atoms with Crippen LogP contribution in [0.5, 0.6) is 5.75 Å². The van der Waals surface area contributed by atoms with E-state index in [1.807, 2.05) is 48.7 Å². The molecule has 4 rings (SSSR count). The summed E-state index contributed by atoms with van der Waals surface area (Å²) < 4.78 is 25.6. The zero-order chi connectivity index (χ0) is 25.3. The van der Waals surface area contributed by atoms with Crippen molar-refractivity contribution >= 4 is 18.0 Å². The van der Waals surface area contributed by atoms with Gasteiger partial charge in [-0.2, -0.15) is 0 Å². The molecule has 3 aromatic rings. The molecule has 0 fully saturated rings. The fourth-order valence-electron chi connectivity index (χ4n) is 4.41. The average Bonchev–Trinajstić information content (AvgIpc) is 3.26. The van der Waals surface area contributed by atoms with Gasteiger partial charge in [0.1, 0.15) is 11.6 Å². The highest BCUT2D eigenvalue weighted by atomic mass is 19.1. The number of hydrogen-bond donors (Lipinski definition) is 0. The largest absolute Gasteiger partial charge is 0.497 e. The van der Waals surface area contributed by atoms with Crippen LogP contribution in [0.25, 0.3) is 11.8 Å². The summed E-state index contributed by atoms with van der Waals surface area (Å²) in [6.45, 7) is 5.91. The van der Waals surface area contributed by atoms with Gasteiger partial charge in [-0.05, 0) is 80.4 Å². The average molecular weight is 475 g/mol. The number of carbonyl (C=O) groups excluding carboxylic acids is 2. The second-order valence-corrected chi connectivity index (χ2v) is 8.39. The topological polar surface area (TPSA) is 60.8 Å². The molecule has 0 N–H and O–H groups in total. The van der Waals surface area contributed by atoms with Gasteiger partial charge in [-0.3, -0.25) is 4.79 Å². The van der Waals surface area contributed by atoms with Crippen LogP contribution in [0.1, 0.15) is 29.4 Å². The Labute approximate surface area is 203 Å². The number of ether oxygens (including phenoxy) is 2. The number of amides is 1. The van der Waals surface area contributed by atoms with Gasteiger partial charge in [0.25, 0.3) is 5.91 Å². The number of nitrogens with zero attached hydrogens (tertiary/aromatic N) is 2. The van der Waals surface area contributed by atoms with Crippen LogP contribution in [0.2, 0.25) is 0 Å². The molecular weight excluding hydrogens is 447 g/mol. The number of methoxy groups -OCH3 is 2. The fraction of sp³-hybridized carbons (Fsp3) is 0.214. The number of benzene rings is 2. The number of aryl methyl sites for hydroxylation is 1. The van der Waals surface area contributed by atoms with Crippen molar-refractivity contribution < 1.29 is 23.5 Å². The van der Waals surface area contributed by atoms with Crippen molar-refractivity contribution in [3.63, 3.8) is 0 Å². The predicted molar refractivity (Wildman–Crippen MR) is 131 cm³/mol. The van der Waals surface area contributed by atoms with Crippen molar-refractivity contribution in [1.29, 1.82) is 0 Å². The maximum atomic E-state index is 13.5. The van der Waals surface area contributed by atoms with E-state index in [0.29, 0.717) is 12.2 Å². The monoisotopic (exact) mass is 474 g/mol. The van der Waals surface area contributed by atoms with E-state index < -0.39 is 5.97 Å². The van der Waals surface area contributed by atoms with Crippen molar-refractivity contribution in [2.24, 2.45) is 0 Å². The van der Waals surface area contributed by atoms with E-state index >= 15 is 0 Å². The highest BCUT2D eigenvalue weighted by Crippen LogP contribution is 2.34. The zero-order valence-electron chi connectivity index (χ0n) is 20.4. The van der Waals surface area contributed by atoms with Crippen molar-refractivity contribution in [3.8, 4) is 11.4 Å². The SMILES string of the molecule is COC(=O)C1=C(C)N(Cc2ccc(OC)cc2)C(=O)/C1=C\c1cc(C)n(-c2ccc(F)cc2)c1C. The van der Waals surface area contributed by atoms with E-state index in [9.17, 15) is 14.0 Å². The smallest absolute Gasteiger partial charge is 0.340 e. The minimum Gasteiger partial charge on any atom is -0.497 e. The van der Waals surface area contributed by atoms with Crippen LogP contribution in [0.3, 0.4) is 0 Å². The second kappa shape index (κ2) is 9.62. The molecule has 0 saturated heterocycles. The van der Waals surface area contributed by atoms with E-state index in [2.05, 4.69) is 0 Å². The summed E-state index contributed by atoms with van der Waals surface area (Å²) in [5.74, 6) is -0.423. The highest BCUT2D eigenvalue weighted by molar-refractivity contribution is 6.16. The van der Waals surface area contributed by atoms with Gasteiger partial charge >= 0.3 is 5.97 Å². The van der Waals surface area contributed by atoms with Crippen LogP contribution < -0.4 is 4.74 Å². The molecule has 0 saturated carbocycles.